The van der Waals surface area contributed by atoms with Gasteiger partial charge in [0.05, 0.1) is 15.6 Å². The molecule has 1 atom stereocenters. The Hall–Kier alpha value is -3.76. The molecule has 0 bridgehead atoms. The fourth-order valence-electron chi connectivity index (χ4n) is 5.03. The van der Waals surface area contributed by atoms with Crippen LogP contribution in [-0.2, 0) is 4.79 Å². The molecule has 2 amide bonds. The van der Waals surface area contributed by atoms with E-state index in [1.807, 2.05) is 0 Å². The number of carbonyl (C=O) groups is 2. The van der Waals surface area contributed by atoms with E-state index in [9.17, 15) is 18.8 Å². The van der Waals surface area contributed by atoms with Crippen LogP contribution in [0.2, 0.25) is 10.0 Å². The van der Waals surface area contributed by atoms with Crippen molar-refractivity contribution in [3.63, 3.8) is 0 Å². The van der Waals surface area contributed by atoms with Crippen molar-refractivity contribution in [1.82, 2.24) is 19.2 Å². The number of nitrogens with zero attached hydrogens (tertiary/aromatic N) is 5. The molecule has 39 heavy (non-hydrogen) atoms. The Balaban J connectivity index is 1.54. The zero-order chi connectivity index (χ0) is 28.0. The summed E-state index contributed by atoms with van der Waals surface area (Å²) in [5, 5.41) is 3.78. The average molecular weight is 573 g/mol. The number of hydrogen-bond acceptors (Lipinski definition) is 5. The number of rotatable bonds is 3. The second-order valence-electron chi connectivity index (χ2n) is 9.70. The first kappa shape index (κ1) is 26.8. The molecule has 9 nitrogen and oxygen atoms in total. The first-order valence-electron chi connectivity index (χ1n) is 12.4. The summed E-state index contributed by atoms with van der Waals surface area (Å²) < 4.78 is 15.9. The van der Waals surface area contributed by atoms with E-state index in [1.54, 1.807) is 56.3 Å². The Morgan fingerprint density at radius 1 is 0.974 bits per heavy atom. The normalized spacial score (nSPS) is 17.1. The summed E-state index contributed by atoms with van der Waals surface area (Å²) in [5.41, 5.74) is 1.89. The number of halogens is 3. The second-order valence-corrected chi connectivity index (χ2v) is 10.5. The van der Waals surface area contributed by atoms with Gasteiger partial charge in [0.25, 0.3) is 11.5 Å². The second kappa shape index (κ2) is 10.4. The standard InChI is InChI=1S/C27H27Cl2FN6O3/c1-16-24(26(38)34-12-10-33(11-13-34)19-7-5-18(30)6-8-19)25(17-4-9-20(28)21(29)14-17)35-22(31-16)15-23(37)36(35)27(39)32(2)3/h4-9,14-15,25,31H,10-13H2,1-3H3. The van der Waals surface area contributed by atoms with Crippen molar-refractivity contribution >= 4 is 46.6 Å². The van der Waals surface area contributed by atoms with Gasteiger partial charge in [0.1, 0.15) is 17.7 Å². The minimum absolute atomic E-state index is 0.231. The molecule has 2 aromatic carbocycles. The van der Waals surface area contributed by atoms with Crippen molar-refractivity contribution in [2.75, 3.05) is 50.5 Å². The number of nitrogens with one attached hydrogen (secondary N) is 1. The van der Waals surface area contributed by atoms with Crippen LogP contribution in [0.4, 0.5) is 20.7 Å². The van der Waals surface area contributed by atoms with Crippen molar-refractivity contribution < 1.29 is 14.0 Å². The number of carbonyl (C=O) groups excluding carboxylic acids is 2. The summed E-state index contributed by atoms with van der Waals surface area (Å²) in [4.78, 5) is 45.3. The van der Waals surface area contributed by atoms with Gasteiger partial charge in [-0.05, 0) is 48.9 Å². The van der Waals surface area contributed by atoms with Crippen LogP contribution in [0.15, 0.2) is 64.6 Å². The number of amides is 2. The maximum absolute atomic E-state index is 14.1. The zero-order valence-corrected chi connectivity index (χ0v) is 23.1. The van der Waals surface area contributed by atoms with Crippen LogP contribution >= 0.6 is 23.2 Å². The molecule has 1 aromatic heterocycles. The van der Waals surface area contributed by atoms with E-state index in [4.69, 9.17) is 23.2 Å². The van der Waals surface area contributed by atoms with Crippen molar-refractivity contribution in [2.45, 2.75) is 13.0 Å². The van der Waals surface area contributed by atoms with Crippen LogP contribution < -0.4 is 15.8 Å². The van der Waals surface area contributed by atoms with Crippen molar-refractivity contribution in [3.8, 4) is 0 Å². The van der Waals surface area contributed by atoms with E-state index < -0.39 is 17.6 Å². The molecule has 0 saturated carbocycles. The number of anilines is 2. The minimum Gasteiger partial charge on any atom is -0.368 e. The minimum atomic E-state index is -0.828. The molecule has 3 aromatic rings. The summed E-state index contributed by atoms with van der Waals surface area (Å²) in [6.07, 6.45) is 0. The Labute approximate surface area is 234 Å². The Morgan fingerprint density at radius 2 is 1.64 bits per heavy atom. The third-order valence-corrected chi connectivity index (χ3v) is 7.72. The Kier molecular flexibility index (Phi) is 7.17. The predicted octanol–water partition coefficient (Wildman–Crippen LogP) is 4.26. The smallest absolute Gasteiger partial charge is 0.345 e. The van der Waals surface area contributed by atoms with E-state index in [2.05, 4.69) is 10.2 Å². The lowest BCUT2D eigenvalue weighted by molar-refractivity contribution is -0.128. The van der Waals surface area contributed by atoms with Gasteiger partial charge in [-0.25, -0.2) is 13.9 Å². The summed E-state index contributed by atoms with van der Waals surface area (Å²) in [7, 11) is 3.10. The fourth-order valence-corrected chi connectivity index (χ4v) is 5.33. The predicted molar refractivity (Wildman–Crippen MR) is 149 cm³/mol. The number of piperazine rings is 1. The van der Waals surface area contributed by atoms with Gasteiger partial charge < -0.3 is 20.0 Å². The summed E-state index contributed by atoms with van der Waals surface area (Å²) >= 11 is 12.6. The van der Waals surface area contributed by atoms with Crippen LogP contribution in [0.25, 0.3) is 0 Å². The summed E-state index contributed by atoms with van der Waals surface area (Å²) in [6.45, 7) is 3.76. The van der Waals surface area contributed by atoms with Gasteiger partial charge in [0.2, 0.25) is 0 Å². The highest BCUT2D eigenvalue weighted by atomic mass is 35.5. The summed E-state index contributed by atoms with van der Waals surface area (Å²) in [5.74, 6) is -0.157. The molecule has 1 unspecified atom stereocenters. The maximum atomic E-state index is 14.1. The molecular formula is C27H27Cl2FN6O3. The fraction of sp³-hybridized carbons (Fsp3) is 0.296. The molecule has 0 spiro atoms. The monoisotopic (exact) mass is 572 g/mol. The average Bonchev–Trinajstić information content (AvgIpc) is 3.24. The largest absolute Gasteiger partial charge is 0.368 e. The van der Waals surface area contributed by atoms with Crippen molar-refractivity contribution in [3.05, 3.63) is 91.6 Å². The molecule has 2 aliphatic heterocycles. The summed E-state index contributed by atoms with van der Waals surface area (Å²) in [6, 6.07) is 11.2. The number of aromatic nitrogens is 2. The number of hydrogen-bond donors (Lipinski definition) is 1. The van der Waals surface area contributed by atoms with Gasteiger partial charge >= 0.3 is 6.03 Å². The highest BCUT2D eigenvalue weighted by Crippen LogP contribution is 2.39. The topological polar surface area (TPSA) is 82.8 Å². The van der Waals surface area contributed by atoms with Gasteiger partial charge in [0, 0.05) is 57.7 Å². The van der Waals surface area contributed by atoms with Gasteiger partial charge in [0.15, 0.2) is 0 Å². The van der Waals surface area contributed by atoms with Crippen LogP contribution in [0.5, 0.6) is 0 Å². The third-order valence-electron chi connectivity index (χ3n) is 6.98. The first-order valence-corrected chi connectivity index (χ1v) is 13.1. The van der Waals surface area contributed by atoms with Gasteiger partial charge in [-0.2, -0.15) is 4.68 Å². The maximum Gasteiger partial charge on any atom is 0.345 e. The quantitative estimate of drug-likeness (QED) is 0.507. The van der Waals surface area contributed by atoms with Gasteiger partial charge in [-0.15, -0.1) is 0 Å². The van der Waals surface area contributed by atoms with E-state index in [-0.39, 0.29) is 16.7 Å². The molecule has 12 heteroatoms. The van der Waals surface area contributed by atoms with Crippen LogP contribution in [0.1, 0.15) is 18.5 Å². The number of allylic oxidation sites excluding steroid dienone is 1. The molecule has 5 rings (SSSR count). The van der Waals surface area contributed by atoms with Crippen LogP contribution in [-0.4, -0.2) is 71.4 Å². The molecule has 3 heterocycles. The molecule has 1 fully saturated rings. The first-order chi connectivity index (χ1) is 18.6. The SMILES string of the molecule is CC1=C(C(=O)N2CCN(c3ccc(F)cc3)CC2)C(c2ccc(Cl)c(Cl)c2)n2c(cc(=O)n2C(=O)N(C)C)N1. The van der Waals surface area contributed by atoms with Crippen molar-refractivity contribution in [2.24, 2.45) is 0 Å². The zero-order valence-electron chi connectivity index (χ0n) is 21.6. The highest BCUT2D eigenvalue weighted by molar-refractivity contribution is 6.42. The van der Waals surface area contributed by atoms with E-state index in [0.717, 1.165) is 10.4 Å². The highest BCUT2D eigenvalue weighted by Gasteiger charge is 2.38. The van der Waals surface area contributed by atoms with Crippen molar-refractivity contribution in [1.29, 1.82) is 0 Å². The third kappa shape index (κ3) is 4.90. The van der Waals surface area contributed by atoms with E-state index >= 15 is 0 Å². The molecule has 2 aliphatic rings. The van der Waals surface area contributed by atoms with Crippen LogP contribution in [0.3, 0.4) is 0 Å². The van der Waals surface area contributed by atoms with E-state index in [1.165, 1.54) is 27.8 Å². The van der Waals surface area contributed by atoms with Gasteiger partial charge in [-0.1, -0.05) is 29.3 Å². The molecule has 204 valence electrons. The van der Waals surface area contributed by atoms with Crippen LogP contribution in [0, 0.1) is 5.82 Å². The van der Waals surface area contributed by atoms with Gasteiger partial charge in [-0.3, -0.25) is 9.59 Å². The Bertz CT molecular complexity index is 1540. The Morgan fingerprint density at radius 3 is 2.26 bits per heavy atom. The number of benzene rings is 2. The molecular weight excluding hydrogens is 546 g/mol. The molecule has 1 N–H and O–H groups in total. The van der Waals surface area contributed by atoms with E-state index in [0.29, 0.717) is 53.9 Å². The molecule has 0 aliphatic carbocycles. The molecule has 0 radical (unpaired) electrons. The lowest BCUT2D eigenvalue weighted by Crippen LogP contribution is -2.50. The lowest BCUT2D eigenvalue weighted by atomic mass is 9.94. The lowest BCUT2D eigenvalue weighted by Gasteiger charge is -2.39. The molecule has 1 saturated heterocycles. The number of fused-ring (bicyclic) bond motifs is 1.